The smallest absolute Gasteiger partial charge is 0.416 e. The van der Waals surface area contributed by atoms with Crippen molar-refractivity contribution >= 4 is 12.0 Å². The second-order valence-electron chi connectivity index (χ2n) is 4.18. The third kappa shape index (κ3) is 2.33. The van der Waals surface area contributed by atoms with Crippen molar-refractivity contribution in [3.05, 3.63) is 0 Å². The van der Waals surface area contributed by atoms with Crippen molar-refractivity contribution in [2.45, 2.75) is 13.0 Å². The highest BCUT2D eigenvalue weighted by Crippen LogP contribution is 2.07. The molecule has 6 nitrogen and oxygen atoms in total. The molecule has 2 aliphatic heterocycles. The number of hydrogen-bond donors (Lipinski definition) is 1. The molecule has 2 rings (SSSR count). The van der Waals surface area contributed by atoms with Crippen molar-refractivity contribution in [2.24, 2.45) is 0 Å². The largest absolute Gasteiger partial charge is 0.447 e. The van der Waals surface area contributed by atoms with Gasteiger partial charge in [0, 0.05) is 25.7 Å². The molecule has 2 amide bonds. The van der Waals surface area contributed by atoms with Crippen molar-refractivity contribution in [3.63, 3.8) is 0 Å². The Kier molecular flexibility index (Phi) is 3.40. The van der Waals surface area contributed by atoms with Crippen molar-refractivity contribution < 1.29 is 14.3 Å². The van der Waals surface area contributed by atoms with Gasteiger partial charge in [0.05, 0.1) is 13.1 Å². The molecule has 6 heteroatoms. The van der Waals surface area contributed by atoms with Gasteiger partial charge in [-0.2, -0.15) is 0 Å². The maximum Gasteiger partial charge on any atom is 0.416 e. The summed E-state index contributed by atoms with van der Waals surface area (Å²) in [6.45, 7) is 5.70. The summed E-state index contributed by atoms with van der Waals surface area (Å²) >= 11 is 0. The molecule has 0 bridgehead atoms. The summed E-state index contributed by atoms with van der Waals surface area (Å²) in [6.07, 6.45) is -0.507. The van der Waals surface area contributed by atoms with Gasteiger partial charge in [0.1, 0.15) is 6.61 Å². The standard InChI is InChI=1S/C10H17N3O3/c1-8-6-11-2-3-12(8)7-9(14)13-4-5-16-10(13)15/h8,11H,2-7H2,1H3/t8-/m0/s1. The molecule has 90 valence electrons. The van der Waals surface area contributed by atoms with Gasteiger partial charge >= 0.3 is 6.09 Å². The van der Waals surface area contributed by atoms with Crippen LogP contribution in [0.1, 0.15) is 6.92 Å². The summed E-state index contributed by atoms with van der Waals surface area (Å²) in [7, 11) is 0. The van der Waals surface area contributed by atoms with Crippen LogP contribution in [0.2, 0.25) is 0 Å². The molecule has 16 heavy (non-hydrogen) atoms. The average Bonchev–Trinajstić information content (AvgIpc) is 2.68. The van der Waals surface area contributed by atoms with Crippen LogP contribution in [0.3, 0.4) is 0 Å². The van der Waals surface area contributed by atoms with Crippen LogP contribution in [0, 0.1) is 0 Å². The molecule has 2 aliphatic rings. The van der Waals surface area contributed by atoms with E-state index in [0.717, 1.165) is 19.6 Å². The molecule has 2 fully saturated rings. The summed E-state index contributed by atoms with van der Waals surface area (Å²) in [4.78, 5) is 26.3. The van der Waals surface area contributed by atoms with Gasteiger partial charge in [-0.25, -0.2) is 9.69 Å². The van der Waals surface area contributed by atoms with Crippen molar-refractivity contribution in [3.8, 4) is 0 Å². The number of nitrogens with zero attached hydrogens (tertiary/aromatic N) is 2. The zero-order chi connectivity index (χ0) is 11.5. The molecule has 2 heterocycles. The predicted molar refractivity (Wildman–Crippen MR) is 57.0 cm³/mol. The number of ether oxygens (including phenoxy) is 1. The highest BCUT2D eigenvalue weighted by molar-refractivity contribution is 5.94. The van der Waals surface area contributed by atoms with E-state index in [9.17, 15) is 9.59 Å². The fourth-order valence-electron chi connectivity index (χ4n) is 2.00. The molecular weight excluding hydrogens is 210 g/mol. The average molecular weight is 227 g/mol. The third-order valence-electron chi connectivity index (χ3n) is 3.04. The first-order chi connectivity index (χ1) is 7.68. The Balaban J connectivity index is 1.88. The van der Waals surface area contributed by atoms with Crippen molar-refractivity contribution in [1.82, 2.24) is 15.1 Å². The van der Waals surface area contributed by atoms with E-state index in [1.165, 1.54) is 4.90 Å². The van der Waals surface area contributed by atoms with Crippen LogP contribution in [0.5, 0.6) is 0 Å². The van der Waals surface area contributed by atoms with Crippen LogP contribution >= 0.6 is 0 Å². The lowest BCUT2D eigenvalue weighted by atomic mass is 10.2. The van der Waals surface area contributed by atoms with Gasteiger partial charge in [-0.3, -0.25) is 9.69 Å². The number of cyclic esters (lactones) is 1. The molecule has 0 unspecified atom stereocenters. The molecule has 0 aromatic rings. The lowest BCUT2D eigenvalue weighted by Crippen LogP contribution is -2.53. The zero-order valence-electron chi connectivity index (χ0n) is 9.44. The highest BCUT2D eigenvalue weighted by atomic mass is 16.6. The summed E-state index contributed by atoms with van der Waals surface area (Å²) < 4.78 is 4.74. The lowest BCUT2D eigenvalue weighted by molar-refractivity contribution is -0.129. The molecule has 0 saturated carbocycles. The second-order valence-corrected chi connectivity index (χ2v) is 4.18. The molecular formula is C10H17N3O3. The Morgan fingerprint density at radius 3 is 3.00 bits per heavy atom. The van der Waals surface area contributed by atoms with Crippen LogP contribution in [0.25, 0.3) is 0 Å². The van der Waals surface area contributed by atoms with Gasteiger partial charge < -0.3 is 10.1 Å². The maximum absolute atomic E-state index is 11.8. The van der Waals surface area contributed by atoms with Gasteiger partial charge in [-0.1, -0.05) is 0 Å². The van der Waals surface area contributed by atoms with E-state index < -0.39 is 6.09 Å². The number of amides is 2. The minimum atomic E-state index is -0.507. The quantitative estimate of drug-likeness (QED) is 0.673. The van der Waals surface area contributed by atoms with E-state index in [1.807, 2.05) is 0 Å². The molecule has 0 spiro atoms. The molecule has 0 aromatic heterocycles. The van der Waals surface area contributed by atoms with E-state index >= 15 is 0 Å². The highest BCUT2D eigenvalue weighted by Gasteiger charge is 2.30. The third-order valence-corrected chi connectivity index (χ3v) is 3.04. The predicted octanol–water partition coefficient (Wildman–Crippen LogP) is -0.741. The Labute approximate surface area is 94.5 Å². The number of nitrogens with one attached hydrogen (secondary N) is 1. The molecule has 2 saturated heterocycles. The number of carbonyl (C=O) groups is 2. The molecule has 0 radical (unpaired) electrons. The van der Waals surface area contributed by atoms with Crippen LogP contribution in [0.15, 0.2) is 0 Å². The summed E-state index contributed by atoms with van der Waals surface area (Å²) in [6, 6.07) is 0.330. The normalized spacial score (nSPS) is 26.9. The number of imide groups is 1. The van der Waals surface area contributed by atoms with Crippen LogP contribution < -0.4 is 5.32 Å². The monoisotopic (exact) mass is 227 g/mol. The van der Waals surface area contributed by atoms with Crippen LogP contribution in [-0.2, 0) is 9.53 Å². The Morgan fingerprint density at radius 2 is 2.38 bits per heavy atom. The van der Waals surface area contributed by atoms with Gasteiger partial charge in [-0.05, 0) is 6.92 Å². The SMILES string of the molecule is C[C@H]1CNCCN1CC(=O)N1CCOC1=O. The summed E-state index contributed by atoms with van der Waals surface area (Å²) in [5.74, 6) is -0.156. The topological polar surface area (TPSA) is 61.9 Å². The molecule has 1 atom stereocenters. The van der Waals surface area contributed by atoms with E-state index in [-0.39, 0.29) is 5.91 Å². The Hall–Kier alpha value is -1.14. The lowest BCUT2D eigenvalue weighted by Gasteiger charge is -2.33. The fraction of sp³-hybridized carbons (Fsp3) is 0.800. The first-order valence-electron chi connectivity index (χ1n) is 5.60. The molecule has 1 N–H and O–H groups in total. The Bertz CT molecular complexity index is 295. The maximum atomic E-state index is 11.8. The first kappa shape index (κ1) is 11.3. The number of piperazine rings is 1. The number of carbonyl (C=O) groups excluding carboxylic acids is 2. The van der Waals surface area contributed by atoms with E-state index in [2.05, 4.69) is 17.1 Å². The second kappa shape index (κ2) is 4.80. The van der Waals surface area contributed by atoms with Crippen LogP contribution in [-0.4, -0.2) is 67.2 Å². The van der Waals surface area contributed by atoms with Crippen LogP contribution in [0.4, 0.5) is 4.79 Å². The van der Waals surface area contributed by atoms with E-state index in [1.54, 1.807) is 0 Å². The first-order valence-corrected chi connectivity index (χ1v) is 5.60. The number of hydrogen-bond acceptors (Lipinski definition) is 5. The fourth-order valence-corrected chi connectivity index (χ4v) is 2.00. The molecule has 0 aliphatic carbocycles. The molecule has 0 aromatic carbocycles. The number of rotatable bonds is 2. The van der Waals surface area contributed by atoms with Gasteiger partial charge in [0.15, 0.2) is 0 Å². The van der Waals surface area contributed by atoms with E-state index in [4.69, 9.17) is 4.74 Å². The minimum Gasteiger partial charge on any atom is -0.447 e. The Morgan fingerprint density at radius 1 is 1.56 bits per heavy atom. The zero-order valence-corrected chi connectivity index (χ0v) is 9.44. The van der Waals surface area contributed by atoms with Gasteiger partial charge in [0.2, 0.25) is 5.91 Å². The van der Waals surface area contributed by atoms with E-state index in [0.29, 0.717) is 25.7 Å². The van der Waals surface area contributed by atoms with Gasteiger partial charge in [0.25, 0.3) is 0 Å². The summed E-state index contributed by atoms with van der Waals surface area (Å²) in [5.41, 5.74) is 0. The minimum absolute atomic E-state index is 0.156. The van der Waals surface area contributed by atoms with Gasteiger partial charge in [-0.15, -0.1) is 0 Å². The van der Waals surface area contributed by atoms with Crippen molar-refractivity contribution in [2.75, 3.05) is 39.3 Å². The summed E-state index contributed by atoms with van der Waals surface area (Å²) in [5, 5.41) is 3.26. The van der Waals surface area contributed by atoms with Crippen molar-refractivity contribution in [1.29, 1.82) is 0 Å².